The summed E-state index contributed by atoms with van der Waals surface area (Å²) in [6.07, 6.45) is 2.58. The van der Waals surface area contributed by atoms with Gasteiger partial charge in [-0.05, 0) is 55.7 Å². The Morgan fingerprint density at radius 3 is 2.14 bits per heavy atom. The van der Waals surface area contributed by atoms with Crippen LogP contribution in [0.3, 0.4) is 0 Å². The van der Waals surface area contributed by atoms with Crippen LogP contribution >= 0.6 is 12.2 Å². The third-order valence-corrected chi connectivity index (χ3v) is 4.14. The molecule has 29 heavy (non-hydrogen) atoms. The van der Waals surface area contributed by atoms with Crippen molar-refractivity contribution in [3.63, 3.8) is 0 Å². The second-order valence-electron chi connectivity index (χ2n) is 6.59. The predicted octanol–water partition coefficient (Wildman–Crippen LogP) is 3.50. The van der Waals surface area contributed by atoms with Crippen molar-refractivity contribution in [2.24, 2.45) is 0 Å². The van der Waals surface area contributed by atoms with Crippen molar-refractivity contribution in [2.45, 2.75) is 52.9 Å². The molecule has 160 valence electrons. The highest BCUT2D eigenvalue weighted by Crippen LogP contribution is 2.12. The Morgan fingerprint density at radius 1 is 0.966 bits per heavy atom. The van der Waals surface area contributed by atoms with Gasteiger partial charge in [-0.2, -0.15) is 0 Å². The third-order valence-electron chi connectivity index (χ3n) is 3.94. The van der Waals surface area contributed by atoms with Crippen molar-refractivity contribution < 1.29 is 19.1 Å². The van der Waals surface area contributed by atoms with Crippen LogP contribution in [0.4, 0.5) is 5.69 Å². The highest BCUT2D eigenvalue weighted by Gasteiger charge is 2.14. The Kier molecular flexibility index (Phi) is 11.6. The van der Waals surface area contributed by atoms with Gasteiger partial charge in [-0.25, -0.2) is 0 Å². The molecule has 0 aliphatic carbocycles. The first kappa shape index (κ1) is 24.6. The van der Waals surface area contributed by atoms with Gasteiger partial charge < -0.3 is 20.3 Å². The number of rotatable bonds is 11. The fourth-order valence-corrected chi connectivity index (χ4v) is 2.82. The molecule has 0 bridgehead atoms. The quantitative estimate of drug-likeness (QED) is 0.420. The summed E-state index contributed by atoms with van der Waals surface area (Å²) in [4.78, 5) is 37.7. The summed E-state index contributed by atoms with van der Waals surface area (Å²) in [6, 6.07) is 6.95. The van der Waals surface area contributed by atoms with Gasteiger partial charge in [0.2, 0.25) is 5.91 Å². The highest BCUT2D eigenvalue weighted by atomic mass is 32.1. The second kappa shape index (κ2) is 13.7. The van der Waals surface area contributed by atoms with E-state index in [1.807, 2.05) is 25.7 Å². The predicted molar refractivity (Wildman–Crippen MR) is 118 cm³/mol. The van der Waals surface area contributed by atoms with Crippen LogP contribution in [0.2, 0.25) is 0 Å². The Labute approximate surface area is 178 Å². The molecular weight excluding hydrogens is 390 g/mol. The zero-order chi connectivity index (χ0) is 21.6. The molecule has 7 nitrogen and oxygen atoms in total. The standard InChI is InChI=1S/C21H31N3O4S/c1-4-13-24(14-5-2)20(27)16-7-9-17(10-8-16)22-21(29)23-18(25)11-12-19(26)28-15-6-3/h7-10H,4-6,11-15H2,1-3H3,(H2,22,23,25,29). The number of carbonyl (C=O) groups excluding carboxylic acids is 3. The van der Waals surface area contributed by atoms with Crippen LogP contribution in [-0.2, 0) is 14.3 Å². The van der Waals surface area contributed by atoms with E-state index in [1.54, 1.807) is 24.3 Å². The van der Waals surface area contributed by atoms with Crippen LogP contribution < -0.4 is 10.6 Å². The molecule has 2 amide bonds. The smallest absolute Gasteiger partial charge is 0.306 e. The molecule has 1 aromatic carbocycles. The van der Waals surface area contributed by atoms with E-state index in [-0.39, 0.29) is 29.8 Å². The van der Waals surface area contributed by atoms with E-state index < -0.39 is 5.97 Å². The maximum absolute atomic E-state index is 12.6. The zero-order valence-corrected chi connectivity index (χ0v) is 18.3. The zero-order valence-electron chi connectivity index (χ0n) is 17.5. The lowest BCUT2D eigenvalue weighted by Crippen LogP contribution is -2.34. The first-order chi connectivity index (χ1) is 13.9. The van der Waals surface area contributed by atoms with Gasteiger partial charge in [-0.15, -0.1) is 0 Å². The normalized spacial score (nSPS) is 10.2. The molecule has 0 unspecified atom stereocenters. The van der Waals surface area contributed by atoms with Gasteiger partial charge in [-0.3, -0.25) is 14.4 Å². The third kappa shape index (κ3) is 9.51. The largest absolute Gasteiger partial charge is 0.466 e. The number of hydrogen-bond acceptors (Lipinski definition) is 5. The van der Waals surface area contributed by atoms with Crippen molar-refractivity contribution in [3.8, 4) is 0 Å². The van der Waals surface area contributed by atoms with Crippen molar-refractivity contribution >= 4 is 40.8 Å². The number of nitrogens with zero attached hydrogens (tertiary/aromatic N) is 1. The van der Waals surface area contributed by atoms with E-state index in [9.17, 15) is 14.4 Å². The van der Waals surface area contributed by atoms with E-state index in [0.29, 0.717) is 17.9 Å². The number of anilines is 1. The average Bonchev–Trinajstić information content (AvgIpc) is 2.70. The van der Waals surface area contributed by atoms with Crippen LogP contribution in [0.5, 0.6) is 0 Å². The van der Waals surface area contributed by atoms with Crippen molar-refractivity contribution in [3.05, 3.63) is 29.8 Å². The monoisotopic (exact) mass is 421 g/mol. The summed E-state index contributed by atoms with van der Waals surface area (Å²) in [7, 11) is 0. The number of hydrogen-bond donors (Lipinski definition) is 2. The molecule has 0 spiro atoms. The Hall–Kier alpha value is -2.48. The van der Waals surface area contributed by atoms with Crippen molar-refractivity contribution in [1.29, 1.82) is 0 Å². The fourth-order valence-electron chi connectivity index (χ4n) is 2.59. The van der Waals surface area contributed by atoms with Gasteiger partial charge >= 0.3 is 5.97 Å². The molecule has 0 aromatic heterocycles. The molecule has 0 aliphatic heterocycles. The number of thiocarbonyl (C=S) groups is 1. The van der Waals surface area contributed by atoms with Crippen LogP contribution in [0.25, 0.3) is 0 Å². The fraction of sp³-hybridized carbons (Fsp3) is 0.524. The summed E-state index contributed by atoms with van der Waals surface area (Å²) in [6.45, 7) is 7.81. The molecule has 0 saturated carbocycles. The average molecular weight is 422 g/mol. The van der Waals surface area contributed by atoms with Crippen LogP contribution in [0, 0.1) is 0 Å². The lowest BCUT2D eigenvalue weighted by Gasteiger charge is -2.21. The van der Waals surface area contributed by atoms with Crippen LogP contribution in [-0.4, -0.2) is 47.5 Å². The number of amides is 2. The first-order valence-electron chi connectivity index (χ1n) is 10.1. The summed E-state index contributed by atoms with van der Waals surface area (Å²) in [5.41, 5.74) is 1.27. The second-order valence-corrected chi connectivity index (χ2v) is 7.00. The topological polar surface area (TPSA) is 87.7 Å². The number of esters is 1. The number of carbonyl (C=O) groups is 3. The molecule has 8 heteroatoms. The van der Waals surface area contributed by atoms with Crippen molar-refractivity contribution in [1.82, 2.24) is 10.2 Å². The lowest BCUT2D eigenvalue weighted by atomic mass is 10.1. The maximum Gasteiger partial charge on any atom is 0.306 e. The van der Waals surface area contributed by atoms with Gasteiger partial charge in [0, 0.05) is 30.8 Å². The molecule has 1 aromatic rings. The number of benzene rings is 1. The van der Waals surface area contributed by atoms with E-state index >= 15 is 0 Å². The Bertz CT molecular complexity index is 686. The minimum absolute atomic E-state index is 0.00248. The summed E-state index contributed by atoms with van der Waals surface area (Å²) in [5.74, 6) is -0.759. The molecule has 0 saturated heterocycles. The SMILES string of the molecule is CCCOC(=O)CCC(=O)NC(=S)Nc1ccc(C(=O)N(CCC)CCC)cc1. The molecule has 0 fully saturated rings. The minimum Gasteiger partial charge on any atom is -0.466 e. The van der Waals surface area contributed by atoms with E-state index in [4.69, 9.17) is 17.0 Å². The molecule has 0 radical (unpaired) electrons. The maximum atomic E-state index is 12.6. The summed E-state index contributed by atoms with van der Waals surface area (Å²) < 4.78 is 4.92. The molecule has 1 rings (SSSR count). The van der Waals surface area contributed by atoms with Gasteiger partial charge in [0.05, 0.1) is 13.0 Å². The van der Waals surface area contributed by atoms with Crippen molar-refractivity contribution in [2.75, 3.05) is 25.0 Å². The molecule has 2 N–H and O–H groups in total. The number of ether oxygens (including phenoxy) is 1. The first-order valence-corrected chi connectivity index (χ1v) is 10.5. The molecule has 0 aliphatic rings. The van der Waals surface area contributed by atoms with E-state index in [0.717, 1.165) is 32.4 Å². The summed E-state index contributed by atoms with van der Waals surface area (Å²) in [5, 5.41) is 5.56. The Balaban J connectivity index is 2.51. The molecular formula is C21H31N3O4S. The van der Waals surface area contributed by atoms with Gasteiger partial charge in [0.25, 0.3) is 5.91 Å². The van der Waals surface area contributed by atoms with E-state index in [1.165, 1.54) is 0 Å². The summed E-state index contributed by atoms with van der Waals surface area (Å²) >= 11 is 5.12. The molecule has 0 atom stereocenters. The van der Waals surface area contributed by atoms with Gasteiger partial charge in [-0.1, -0.05) is 20.8 Å². The van der Waals surface area contributed by atoms with Crippen LogP contribution in [0.1, 0.15) is 63.2 Å². The van der Waals surface area contributed by atoms with E-state index in [2.05, 4.69) is 10.6 Å². The lowest BCUT2D eigenvalue weighted by molar-refractivity contribution is -0.144. The minimum atomic E-state index is -0.402. The van der Waals surface area contributed by atoms with Gasteiger partial charge in [0.15, 0.2) is 5.11 Å². The van der Waals surface area contributed by atoms with Gasteiger partial charge in [0.1, 0.15) is 0 Å². The Morgan fingerprint density at radius 2 is 1.59 bits per heavy atom. The highest BCUT2D eigenvalue weighted by molar-refractivity contribution is 7.80. The van der Waals surface area contributed by atoms with Crippen LogP contribution in [0.15, 0.2) is 24.3 Å². The number of nitrogens with one attached hydrogen (secondary N) is 2. The molecule has 0 heterocycles.